The summed E-state index contributed by atoms with van der Waals surface area (Å²) in [6, 6.07) is 6.56. The van der Waals surface area contributed by atoms with Crippen LogP contribution in [0.25, 0.3) is 0 Å². The molecule has 4 aliphatic heterocycles. The Morgan fingerprint density at radius 1 is 1.27 bits per heavy atom. The normalized spacial score (nSPS) is 30.9. The smallest absolute Gasteiger partial charge is 0.318 e. The summed E-state index contributed by atoms with van der Waals surface area (Å²) in [5.74, 6) is 1.55. The number of ether oxygens (including phenoxy) is 2. The second kappa shape index (κ2) is 10.1. The van der Waals surface area contributed by atoms with Crippen LogP contribution in [-0.2, 0) is 23.4 Å². The quantitative estimate of drug-likeness (QED) is 0.509. The maximum absolute atomic E-state index is 14.4. The number of nitrogens with zero attached hydrogens (tertiary/aromatic N) is 5. The van der Waals surface area contributed by atoms with Crippen molar-refractivity contribution in [3.63, 3.8) is 0 Å². The van der Waals surface area contributed by atoms with E-state index in [1.54, 1.807) is 0 Å². The van der Waals surface area contributed by atoms with Gasteiger partial charge in [0.25, 0.3) is 0 Å². The predicted octanol–water partition coefficient (Wildman–Crippen LogP) is 3.57. The van der Waals surface area contributed by atoms with E-state index in [0.717, 1.165) is 79.9 Å². The number of benzene rings is 1. The number of anilines is 2. The van der Waals surface area contributed by atoms with E-state index >= 15 is 0 Å². The number of aliphatic hydroxyl groups is 1. The summed E-state index contributed by atoms with van der Waals surface area (Å²) < 4.78 is 27.5. The molecule has 10 heteroatoms. The third-order valence-electron chi connectivity index (χ3n) is 10.4. The molecule has 0 radical (unpaired) electrons. The minimum Gasteiger partial charge on any atom is -0.461 e. The lowest BCUT2D eigenvalue weighted by molar-refractivity contribution is -0.0874. The average Bonchev–Trinajstić information content (AvgIpc) is 3.46. The van der Waals surface area contributed by atoms with Crippen molar-refractivity contribution in [1.29, 1.82) is 5.26 Å². The lowest BCUT2D eigenvalue weighted by Gasteiger charge is -2.46. The monoisotopic (exact) mass is 562 g/mol. The van der Waals surface area contributed by atoms with Crippen LogP contribution in [0.1, 0.15) is 79.3 Å². The highest BCUT2D eigenvalue weighted by molar-refractivity contribution is 5.64. The Bertz CT molecular complexity index is 1390. The summed E-state index contributed by atoms with van der Waals surface area (Å²) in [5.41, 5.74) is 10.2. The van der Waals surface area contributed by atoms with E-state index < -0.39 is 11.8 Å². The molecule has 0 bridgehead atoms. The number of aromatic nitrogens is 2. The van der Waals surface area contributed by atoms with Crippen molar-refractivity contribution in [3.8, 4) is 12.1 Å². The number of nitriles is 1. The number of halogens is 1. The lowest BCUT2D eigenvalue weighted by Crippen LogP contribution is -2.49. The molecule has 3 fully saturated rings. The molecule has 7 rings (SSSR count). The van der Waals surface area contributed by atoms with Crippen molar-refractivity contribution in [3.05, 3.63) is 40.1 Å². The van der Waals surface area contributed by atoms with E-state index in [0.29, 0.717) is 61.7 Å². The molecule has 0 saturated carbocycles. The van der Waals surface area contributed by atoms with Gasteiger partial charge in [0.2, 0.25) is 0 Å². The van der Waals surface area contributed by atoms with Gasteiger partial charge in [-0.2, -0.15) is 15.2 Å². The molecule has 9 nitrogen and oxygen atoms in total. The Morgan fingerprint density at radius 3 is 2.93 bits per heavy atom. The van der Waals surface area contributed by atoms with Gasteiger partial charge in [-0.25, -0.2) is 4.39 Å². The van der Waals surface area contributed by atoms with Gasteiger partial charge in [-0.15, -0.1) is 0 Å². The first-order valence-electron chi connectivity index (χ1n) is 15.1. The second-order valence-corrected chi connectivity index (χ2v) is 12.9. The highest BCUT2D eigenvalue weighted by Gasteiger charge is 2.50. The van der Waals surface area contributed by atoms with Crippen LogP contribution >= 0.6 is 0 Å². The van der Waals surface area contributed by atoms with Gasteiger partial charge < -0.3 is 25.2 Å². The molecule has 1 aromatic heterocycles. The van der Waals surface area contributed by atoms with Crippen molar-refractivity contribution in [2.24, 2.45) is 5.92 Å². The van der Waals surface area contributed by atoms with Crippen LogP contribution in [0, 0.1) is 17.2 Å². The Kier molecular flexibility index (Phi) is 6.60. The molecule has 3 saturated heterocycles. The molecule has 0 amide bonds. The zero-order valence-corrected chi connectivity index (χ0v) is 23.7. The molecule has 1 aromatic carbocycles. The Labute approximate surface area is 240 Å². The first kappa shape index (κ1) is 26.9. The molecule has 3 N–H and O–H groups in total. The summed E-state index contributed by atoms with van der Waals surface area (Å²) in [6.07, 6.45) is 4.62. The minimum atomic E-state index is -0.823. The second-order valence-electron chi connectivity index (χ2n) is 12.9. The van der Waals surface area contributed by atoms with Gasteiger partial charge in [0, 0.05) is 55.9 Å². The van der Waals surface area contributed by atoms with Gasteiger partial charge in [0.05, 0.1) is 23.4 Å². The molecule has 4 atom stereocenters. The summed E-state index contributed by atoms with van der Waals surface area (Å²) in [6.45, 7) is 6.07. The van der Waals surface area contributed by atoms with E-state index in [1.165, 1.54) is 0 Å². The summed E-state index contributed by atoms with van der Waals surface area (Å²) >= 11 is 0. The van der Waals surface area contributed by atoms with Gasteiger partial charge in [-0.1, -0.05) is 13.0 Å². The molecule has 1 spiro atoms. The van der Waals surface area contributed by atoms with Crippen LogP contribution in [0.15, 0.2) is 12.1 Å². The minimum absolute atomic E-state index is 0.177. The van der Waals surface area contributed by atoms with Crippen molar-refractivity contribution >= 4 is 11.5 Å². The van der Waals surface area contributed by atoms with Crippen LogP contribution in [0.2, 0.25) is 0 Å². The molecular weight excluding hydrogens is 523 g/mol. The first-order valence-corrected chi connectivity index (χ1v) is 15.1. The largest absolute Gasteiger partial charge is 0.461 e. The Morgan fingerprint density at radius 2 is 2.12 bits per heavy atom. The maximum Gasteiger partial charge on any atom is 0.318 e. The topological polar surface area (TPSA) is 121 Å². The number of fused-ring (bicyclic) bond motifs is 4. The number of alkyl halides is 1. The van der Waals surface area contributed by atoms with Crippen LogP contribution in [0.5, 0.6) is 6.01 Å². The molecule has 2 aromatic rings. The zero-order chi connectivity index (χ0) is 28.4. The van der Waals surface area contributed by atoms with E-state index in [9.17, 15) is 14.8 Å². The van der Waals surface area contributed by atoms with Crippen LogP contribution < -0.4 is 15.4 Å². The van der Waals surface area contributed by atoms with Gasteiger partial charge in [0.15, 0.2) is 0 Å². The van der Waals surface area contributed by atoms with Crippen molar-refractivity contribution in [1.82, 2.24) is 14.9 Å². The zero-order valence-electron chi connectivity index (χ0n) is 23.7. The van der Waals surface area contributed by atoms with Gasteiger partial charge in [-0.3, -0.25) is 4.90 Å². The van der Waals surface area contributed by atoms with Crippen LogP contribution in [0.3, 0.4) is 0 Å². The number of hydrogen-bond donors (Lipinski definition) is 2. The van der Waals surface area contributed by atoms with Crippen molar-refractivity contribution < 1.29 is 19.0 Å². The number of rotatable bonds is 6. The Hall–Kier alpha value is -3.00. The highest BCUT2D eigenvalue weighted by atomic mass is 19.1. The number of aliphatic hydroxyl groups excluding tert-OH is 1. The summed E-state index contributed by atoms with van der Waals surface area (Å²) in [7, 11) is 0. The third kappa shape index (κ3) is 4.36. The summed E-state index contributed by atoms with van der Waals surface area (Å²) in [5, 5.41) is 19.5. The molecular formula is C31H39FN6O3. The first-order chi connectivity index (χ1) is 19.8. The number of hydrogen-bond acceptors (Lipinski definition) is 9. The van der Waals surface area contributed by atoms with Gasteiger partial charge in [0.1, 0.15) is 30.3 Å². The molecule has 218 valence electrons. The summed E-state index contributed by atoms with van der Waals surface area (Å²) in [4.78, 5) is 14.3. The maximum atomic E-state index is 14.4. The van der Waals surface area contributed by atoms with Crippen LogP contribution in [-0.4, -0.2) is 71.1 Å². The fourth-order valence-corrected chi connectivity index (χ4v) is 8.11. The standard InChI is InChI=1S/C31H39FN6O3/c1-19-5-8-31(27-22(19)3-4-25(34)23(27)13-33)12-26-24(17-41-31)28(37-14-20(15-37)6-10-39)36-29(35-26)40-18-30-7-2-9-38(30)16-21(32)11-30/h3-4,19-21,39H,2,5-12,14-18,34H2,1H3. The SMILES string of the molecule is CC1CCC2(Cc3nc(OCC45CCCN4CC(F)C5)nc(N4CC(CCO)C4)c3CO2)c2c1ccc(N)c2C#N. The molecule has 5 aliphatic rings. The van der Waals surface area contributed by atoms with Gasteiger partial charge >= 0.3 is 6.01 Å². The molecule has 41 heavy (non-hydrogen) atoms. The van der Waals surface area contributed by atoms with E-state index in [2.05, 4.69) is 22.8 Å². The van der Waals surface area contributed by atoms with Crippen molar-refractivity contribution in [2.75, 3.05) is 50.0 Å². The van der Waals surface area contributed by atoms with E-state index in [1.807, 2.05) is 12.1 Å². The van der Waals surface area contributed by atoms with E-state index in [-0.39, 0.29) is 12.1 Å². The lowest BCUT2D eigenvalue weighted by atomic mass is 9.69. The average molecular weight is 563 g/mol. The predicted molar refractivity (Wildman–Crippen MR) is 151 cm³/mol. The fourth-order valence-electron chi connectivity index (χ4n) is 8.11. The third-order valence-corrected chi connectivity index (χ3v) is 10.4. The van der Waals surface area contributed by atoms with Crippen molar-refractivity contribution in [2.45, 2.75) is 81.7 Å². The van der Waals surface area contributed by atoms with E-state index in [4.69, 9.17) is 25.2 Å². The fraction of sp³-hybridized carbons (Fsp3) is 0.645. The Balaban J connectivity index is 1.25. The number of nitrogens with two attached hydrogens (primary N) is 1. The highest BCUT2D eigenvalue weighted by Crippen LogP contribution is 2.51. The van der Waals surface area contributed by atoms with Gasteiger partial charge in [-0.05, 0) is 62.1 Å². The molecule has 4 unspecified atom stereocenters. The molecule has 5 heterocycles. The van der Waals surface area contributed by atoms with Crippen LogP contribution in [0.4, 0.5) is 15.9 Å². The molecule has 1 aliphatic carbocycles. The number of nitrogen functional groups attached to an aromatic ring is 1.